The number of rotatable bonds is 7. The van der Waals surface area contributed by atoms with Gasteiger partial charge in [-0.05, 0) is 83.1 Å². The Morgan fingerprint density at radius 1 is 0.500 bits per heavy atom. The highest BCUT2D eigenvalue weighted by molar-refractivity contribution is 5.43. The molecule has 0 radical (unpaired) electrons. The van der Waals surface area contributed by atoms with E-state index < -0.39 is 0 Å². The summed E-state index contributed by atoms with van der Waals surface area (Å²) in [4.78, 5) is 0. The van der Waals surface area contributed by atoms with E-state index in [1.54, 1.807) is 48.5 Å². The summed E-state index contributed by atoms with van der Waals surface area (Å²) in [6.07, 6.45) is 2.08. The van der Waals surface area contributed by atoms with Crippen LogP contribution in [-0.4, -0.2) is 20.4 Å². The van der Waals surface area contributed by atoms with Gasteiger partial charge in [0.15, 0.2) is 0 Å². The minimum absolute atomic E-state index is 0.101. The van der Waals surface area contributed by atoms with Crippen molar-refractivity contribution in [2.45, 2.75) is 58.3 Å². The molecule has 0 aliphatic heterocycles. The molecular weight excluding hydrogens is 472 g/mol. The zero-order chi connectivity index (χ0) is 27.9. The van der Waals surface area contributed by atoms with Crippen molar-refractivity contribution in [3.63, 3.8) is 0 Å². The Kier molecular flexibility index (Phi) is 9.11. The fraction of sp³-hybridized carbons (Fsp3) is 0.294. The average Bonchev–Trinajstić information content (AvgIpc) is 2.90. The van der Waals surface area contributed by atoms with Crippen molar-refractivity contribution in [3.05, 3.63) is 119 Å². The molecule has 200 valence electrons. The van der Waals surface area contributed by atoms with Crippen molar-refractivity contribution in [2.75, 3.05) is 0 Å². The number of hydrogen-bond acceptors (Lipinski definition) is 4. The summed E-state index contributed by atoms with van der Waals surface area (Å²) in [5.74, 6) is 1.52. The van der Waals surface area contributed by atoms with E-state index in [0.717, 1.165) is 24.0 Å². The third kappa shape index (κ3) is 6.31. The van der Waals surface area contributed by atoms with Crippen LogP contribution in [0.25, 0.3) is 0 Å². The zero-order valence-electron chi connectivity index (χ0n) is 23.0. The number of benzene rings is 4. The third-order valence-corrected chi connectivity index (χ3v) is 7.85. The van der Waals surface area contributed by atoms with Crippen LogP contribution in [0.4, 0.5) is 0 Å². The second kappa shape index (κ2) is 12.1. The molecule has 0 saturated carbocycles. The van der Waals surface area contributed by atoms with Crippen LogP contribution in [-0.2, 0) is 10.8 Å². The van der Waals surface area contributed by atoms with Crippen LogP contribution in [0, 0.1) is 5.92 Å². The molecule has 38 heavy (non-hydrogen) atoms. The second-order valence-corrected chi connectivity index (χ2v) is 10.6. The topological polar surface area (TPSA) is 80.9 Å². The van der Waals surface area contributed by atoms with E-state index in [1.807, 2.05) is 48.5 Å². The zero-order valence-corrected chi connectivity index (χ0v) is 23.0. The summed E-state index contributed by atoms with van der Waals surface area (Å²) in [5, 5.41) is 37.7. The lowest BCUT2D eigenvalue weighted by atomic mass is 9.68. The van der Waals surface area contributed by atoms with Gasteiger partial charge in [0.1, 0.15) is 23.0 Å². The molecule has 4 aromatic carbocycles. The van der Waals surface area contributed by atoms with Gasteiger partial charge < -0.3 is 20.4 Å². The van der Waals surface area contributed by atoms with Crippen molar-refractivity contribution >= 4 is 0 Å². The predicted molar refractivity (Wildman–Crippen MR) is 155 cm³/mol. The van der Waals surface area contributed by atoms with Gasteiger partial charge in [-0.1, -0.05) is 89.6 Å². The minimum Gasteiger partial charge on any atom is -0.508 e. The van der Waals surface area contributed by atoms with Crippen molar-refractivity contribution in [2.24, 2.45) is 5.92 Å². The first-order valence-corrected chi connectivity index (χ1v) is 13.2. The van der Waals surface area contributed by atoms with E-state index >= 15 is 0 Å². The predicted octanol–water partition coefficient (Wildman–Crippen LogP) is 8.26. The molecule has 0 aliphatic carbocycles. The first-order valence-electron chi connectivity index (χ1n) is 13.2. The van der Waals surface area contributed by atoms with E-state index in [-0.39, 0.29) is 33.8 Å². The van der Waals surface area contributed by atoms with Crippen molar-refractivity contribution in [3.8, 4) is 23.0 Å². The van der Waals surface area contributed by atoms with Gasteiger partial charge in [0.05, 0.1) is 0 Å². The normalized spacial score (nSPS) is 11.6. The Hall–Kier alpha value is -3.92. The molecule has 0 heterocycles. The van der Waals surface area contributed by atoms with E-state index in [0.29, 0.717) is 5.92 Å². The lowest BCUT2D eigenvalue weighted by Crippen LogP contribution is -2.29. The van der Waals surface area contributed by atoms with Crippen LogP contribution in [0.15, 0.2) is 97.1 Å². The second-order valence-electron chi connectivity index (χ2n) is 10.6. The maximum Gasteiger partial charge on any atom is 0.115 e. The Morgan fingerprint density at radius 3 is 1.00 bits per heavy atom. The summed E-state index contributed by atoms with van der Waals surface area (Å²) >= 11 is 0. The lowest BCUT2D eigenvalue weighted by molar-refractivity contribution is 0.403. The van der Waals surface area contributed by atoms with Crippen molar-refractivity contribution < 1.29 is 20.4 Å². The molecule has 0 amide bonds. The number of hydrogen-bond donors (Lipinski definition) is 4. The Bertz CT molecular complexity index is 1180. The first kappa shape index (κ1) is 28.6. The van der Waals surface area contributed by atoms with Gasteiger partial charge in [-0.2, -0.15) is 0 Å². The first-order chi connectivity index (χ1) is 18.0. The lowest BCUT2D eigenvalue weighted by Gasteiger charge is -2.35. The van der Waals surface area contributed by atoms with E-state index in [9.17, 15) is 20.4 Å². The van der Waals surface area contributed by atoms with Crippen LogP contribution < -0.4 is 0 Å². The molecule has 4 heteroatoms. The molecule has 0 bridgehead atoms. The number of aromatic hydroxyl groups is 4. The summed E-state index contributed by atoms with van der Waals surface area (Å²) in [5.41, 5.74) is 4.42. The minimum atomic E-state index is -0.151. The van der Waals surface area contributed by atoms with Crippen molar-refractivity contribution in [1.29, 1.82) is 0 Å². The van der Waals surface area contributed by atoms with Crippen LogP contribution in [0.5, 0.6) is 23.0 Å². The summed E-state index contributed by atoms with van der Waals surface area (Å²) in [6.45, 7) is 10.9. The maximum atomic E-state index is 9.43. The molecular formula is C34H40O4. The molecule has 4 N–H and O–H groups in total. The molecule has 4 aromatic rings. The standard InChI is InChI=1S/2C17H20O2/c1-12(2)17(3,13-4-8-15(18)9-5-13)14-6-10-16(19)11-7-14;1-3-12-17(2,13-4-8-15(18)9-5-13)14-6-10-16(19)11-7-14/h4-12,18-19H,1-3H3;4-11,18-19H,3,12H2,1-2H3. The molecule has 4 nitrogen and oxygen atoms in total. The summed E-state index contributed by atoms with van der Waals surface area (Å²) < 4.78 is 0. The SMILES string of the molecule is CC(C)C(C)(c1ccc(O)cc1)c1ccc(O)cc1.CCCC(C)(c1ccc(O)cc1)c1ccc(O)cc1. The quantitative estimate of drug-likeness (QED) is 0.201. The maximum absolute atomic E-state index is 9.43. The highest BCUT2D eigenvalue weighted by Gasteiger charge is 2.32. The highest BCUT2D eigenvalue weighted by Crippen LogP contribution is 2.40. The summed E-state index contributed by atoms with van der Waals surface area (Å²) in [6, 6.07) is 29.5. The largest absolute Gasteiger partial charge is 0.508 e. The van der Waals surface area contributed by atoms with E-state index in [2.05, 4.69) is 34.6 Å². The van der Waals surface area contributed by atoms with Crippen LogP contribution in [0.2, 0.25) is 0 Å². The van der Waals surface area contributed by atoms with Gasteiger partial charge in [-0.3, -0.25) is 0 Å². The van der Waals surface area contributed by atoms with Gasteiger partial charge in [0.2, 0.25) is 0 Å². The number of phenols is 4. The smallest absolute Gasteiger partial charge is 0.115 e. The average molecular weight is 513 g/mol. The van der Waals surface area contributed by atoms with Gasteiger partial charge in [-0.15, -0.1) is 0 Å². The van der Waals surface area contributed by atoms with Gasteiger partial charge in [0, 0.05) is 10.8 Å². The third-order valence-electron chi connectivity index (χ3n) is 7.85. The molecule has 0 fully saturated rings. The fourth-order valence-electron chi connectivity index (χ4n) is 5.06. The molecule has 4 rings (SSSR count). The van der Waals surface area contributed by atoms with Crippen LogP contribution >= 0.6 is 0 Å². The van der Waals surface area contributed by atoms with Crippen LogP contribution in [0.1, 0.15) is 69.7 Å². The molecule has 0 aromatic heterocycles. The Labute approximate surface area is 226 Å². The molecule has 0 atom stereocenters. The summed E-state index contributed by atoms with van der Waals surface area (Å²) in [7, 11) is 0. The molecule has 0 saturated heterocycles. The highest BCUT2D eigenvalue weighted by atomic mass is 16.3. The van der Waals surface area contributed by atoms with E-state index in [1.165, 1.54) is 11.1 Å². The van der Waals surface area contributed by atoms with Gasteiger partial charge >= 0.3 is 0 Å². The van der Waals surface area contributed by atoms with E-state index in [4.69, 9.17) is 0 Å². The fourth-order valence-corrected chi connectivity index (χ4v) is 5.06. The Morgan fingerprint density at radius 2 is 0.763 bits per heavy atom. The Balaban J connectivity index is 0.000000211. The van der Waals surface area contributed by atoms with Gasteiger partial charge in [0.25, 0.3) is 0 Å². The molecule has 0 spiro atoms. The van der Waals surface area contributed by atoms with Gasteiger partial charge in [-0.25, -0.2) is 0 Å². The molecule has 0 aliphatic rings. The molecule has 0 unspecified atom stereocenters. The monoisotopic (exact) mass is 512 g/mol. The number of phenolic OH excluding ortho intramolecular Hbond substituents is 4. The van der Waals surface area contributed by atoms with Crippen LogP contribution in [0.3, 0.4) is 0 Å². The van der Waals surface area contributed by atoms with Crippen molar-refractivity contribution in [1.82, 2.24) is 0 Å².